The SMILES string of the molecule is COc1cnc2c(B3OC(C)(C)C(C)(C)O3)cccc2c1. The van der Waals surface area contributed by atoms with Crippen LogP contribution in [0.25, 0.3) is 10.9 Å². The third-order valence-electron chi connectivity index (χ3n) is 4.46. The highest BCUT2D eigenvalue weighted by molar-refractivity contribution is 6.64. The smallest absolute Gasteiger partial charge is 0.495 e. The van der Waals surface area contributed by atoms with E-state index in [1.54, 1.807) is 13.3 Å². The van der Waals surface area contributed by atoms with Crippen LogP contribution in [0, 0.1) is 0 Å². The van der Waals surface area contributed by atoms with E-state index in [1.807, 2.05) is 24.3 Å². The summed E-state index contributed by atoms with van der Waals surface area (Å²) in [6, 6.07) is 7.98. The van der Waals surface area contributed by atoms with Crippen molar-refractivity contribution in [1.82, 2.24) is 4.98 Å². The van der Waals surface area contributed by atoms with Gasteiger partial charge in [0.25, 0.3) is 0 Å². The van der Waals surface area contributed by atoms with Gasteiger partial charge in [-0.15, -0.1) is 0 Å². The first-order valence-electron chi connectivity index (χ1n) is 7.12. The molecule has 1 fully saturated rings. The Bertz CT molecular complexity index is 668. The van der Waals surface area contributed by atoms with Gasteiger partial charge in [0.1, 0.15) is 5.75 Å². The van der Waals surface area contributed by atoms with Crippen LogP contribution < -0.4 is 10.2 Å². The van der Waals surface area contributed by atoms with E-state index in [0.29, 0.717) is 0 Å². The Labute approximate surface area is 125 Å². The average Bonchev–Trinajstić information content (AvgIpc) is 2.66. The van der Waals surface area contributed by atoms with Gasteiger partial charge in [-0.2, -0.15) is 0 Å². The van der Waals surface area contributed by atoms with Crippen molar-refractivity contribution in [1.29, 1.82) is 0 Å². The summed E-state index contributed by atoms with van der Waals surface area (Å²) >= 11 is 0. The van der Waals surface area contributed by atoms with Crippen LogP contribution in [0.4, 0.5) is 0 Å². The summed E-state index contributed by atoms with van der Waals surface area (Å²) < 4.78 is 17.5. The molecule has 0 aliphatic carbocycles. The molecule has 0 amide bonds. The maximum absolute atomic E-state index is 6.12. The van der Waals surface area contributed by atoms with Crippen LogP contribution in [0.15, 0.2) is 30.5 Å². The second-order valence-corrected chi connectivity index (χ2v) is 6.38. The second kappa shape index (κ2) is 4.72. The highest BCUT2D eigenvalue weighted by atomic mass is 16.7. The Hall–Kier alpha value is -1.59. The Morgan fingerprint density at radius 2 is 1.76 bits per heavy atom. The van der Waals surface area contributed by atoms with Gasteiger partial charge in [0.2, 0.25) is 0 Å². The molecule has 4 nitrogen and oxygen atoms in total. The third-order valence-corrected chi connectivity index (χ3v) is 4.46. The standard InChI is InChI=1S/C16H20BNO3/c1-15(2)16(3,4)21-17(20-15)13-8-6-7-11-9-12(19-5)10-18-14(11)13/h6-10H,1-5H3. The summed E-state index contributed by atoms with van der Waals surface area (Å²) in [5.41, 5.74) is 1.13. The molecule has 5 heteroatoms. The number of methoxy groups -OCH3 is 1. The van der Waals surface area contributed by atoms with Crippen LogP contribution >= 0.6 is 0 Å². The predicted molar refractivity (Wildman–Crippen MR) is 84.0 cm³/mol. The van der Waals surface area contributed by atoms with Gasteiger partial charge in [0.15, 0.2) is 0 Å². The molecule has 0 radical (unpaired) electrons. The minimum Gasteiger partial charge on any atom is -0.495 e. The molecular formula is C16H20BNO3. The van der Waals surface area contributed by atoms with Crippen LogP contribution in [0.1, 0.15) is 27.7 Å². The van der Waals surface area contributed by atoms with E-state index in [4.69, 9.17) is 14.0 Å². The van der Waals surface area contributed by atoms with Crippen molar-refractivity contribution in [2.45, 2.75) is 38.9 Å². The van der Waals surface area contributed by atoms with Crippen molar-refractivity contribution in [2.75, 3.05) is 7.11 Å². The fourth-order valence-electron chi connectivity index (χ4n) is 2.44. The number of hydrogen-bond donors (Lipinski definition) is 0. The van der Waals surface area contributed by atoms with Gasteiger partial charge in [0.05, 0.1) is 30.0 Å². The summed E-state index contributed by atoms with van der Waals surface area (Å²) in [6.45, 7) is 8.20. The van der Waals surface area contributed by atoms with Gasteiger partial charge in [-0.05, 0) is 33.8 Å². The second-order valence-electron chi connectivity index (χ2n) is 6.38. The summed E-state index contributed by atoms with van der Waals surface area (Å²) in [5, 5.41) is 1.02. The first-order valence-corrected chi connectivity index (χ1v) is 7.12. The maximum Gasteiger partial charge on any atom is 0.497 e. The largest absolute Gasteiger partial charge is 0.497 e. The van der Waals surface area contributed by atoms with E-state index in [9.17, 15) is 0 Å². The zero-order valence-corrected chi connectivity index (χ0v) is 13.1. The molecule has 2 heterocycles. The van der Waals surface area contributed by atoms with Crippen molar-refractivity contribution < 1.29 is 14.0 Å². The topological polar surface area (TPSA) is 40.6 Å². The molecule has 1 aromatic carbocycles. The van der Waals surface area contributed by atoms with Crippen LogP contribution in [-0.2, 0) is 9.31 Å². The molecule has 1 saturated heterocycles. The number of para-hydroxylation sites is 1. The molecule has 0 spiro atoms. The molecule has 0 unspecified atom stereocenters. The highest BCUT2D eigenvalue weighted by Gasteiger charge is 2.52. The third kappa shape index (κ3) is 2.30. The summed E-state index contributed by atoms with van der Waals surface area (Å²) in [6.07, 6.45) is 1.72. The van der Waals surface area contributed by atoms with E-state index >= 15 is 0 Å². The van der Waals surface area contributed by atoms with Gasteiger partial charge in [-0.3, -0.25) is 4.98 Å². The van der Waals surface area contributed by atoms with Gasteiger partial charge in [0, 0.05) is 10.8 Å². The van der Waals surface area contributed by atoms with Crippen LogP contribution in [0.2, 0.25) is 0 Å². The lowest BCUT2D eigenvalue weighted by Crippen LogP contribution is -2.41. The van der Waals surface area contributed by atoms with Crippen LogP contribution in [0.3, 0.4) is 0 Å². The molecule has 110 valence electrons. The maximum atomic E-state index is 6.12. The number of ether oxygens (including phenoxy) is 1. The fraction of sp³-hybridized carbons (Fsp3) is 0.438. The van der Waals surface area contributed by atoms with Crippen molar-refractivity contribution in [2.24, 2.45) is 0 Å². The van der Waals surface area contributed by atoms with Gasteiger partial charge in [-0.25, -0.2) is 0 Å². The number of hydrogen-bond acceptors (Lipinski definition) is 4. The van der Waals surface area contributed by atoms with E-state index in [0.717, 1.165) is 22.1 Å². The summed E-state index contributed by atoms with van der Waals surface area (Å²) in [4.78, 5) is 4.51. The van der Waals surface area contributed by atoms with Crippen molar-refractivity contribution in [3.05, 3.63) is 30.5 Å². The quantitative estimate of drug-likeness (QED) is 0.795. The molecule has 3 rings (SSSR count). The molecule has 0 N–H and O–H groups in total. The predicted octanol–water partition coefficient (Wildman–Crippen LogP) is 2.54. The molecule has 1 aromatic heterocycles. The number of aromatic nitrogens is 1. The van der Waals surface area contributed by atoms with Crippen molar-refractivity contribution in [3.63, 3.8) is 0 Å². The average molecular weight is 285 g/mol. The van der Waals surface area contributed by atoms with Gasteiger partial charge in [-0.1, -0.05) is 18.2 Å². The molecule has 0 atom stereocenters. The number of pyridine rings is 1. The number of fused-ring (bicyclic) bond motifs is 1. The Balaban J connectivity index is 2.06. The first kappa shape index (κ1) is 14.4. The van der Waals surface area contributed by atoms with Crippen LogP contribution in [-0.4, -0.2) is 30.4 Å². The Morgan fingerprint density at radius 3 is 2.38 bits per heavy atom. The van der Waals surface area contributed by atoms with E-state index in [2.05, 4.69) is 32.7 Å². The Morgan fingerprint density at radius 1 is 1.10 bits per heavy atom. The molecule has 0 bridgehead atoms. The summed E-state index contributed by atoms with van der Waals surface area (Å²) in [5.74, 6) is 0.744. The van der Waals surface area contributed by atoms with E-state index < -0.39 is 7.12 Å². The van der Waals surface area contributed by atoms with E-state index in [1.165, 1.54) is 0 Å². The lowest BCUT2D eigenvalue weighted by molar-refractivity contribution is 0.00578. The number of benzene rings is 1. The fourth-order valence-corrected chi connectivity index (χ4v) is 2.44. The zero-order chi connectivity index (χ0) is 15.3. The lowest BCUT2D eigenvalue weighted by Gasteiger charge is -2.32. The first-order chi connectivity index (χ1) is 9.84. The Kier molecular flexibility index (Phi) is 3.22. The van der Waals surface area contributed by atoms with Crippen molar-refractivity contribution >= 4 is 23.5 Å². The monoisotopic (exact) mass is 285 g/mol. The van der Waals surface area contributed by atoms with Gasteiger partial charge >= 0.3 is 7.12 Å². The van der Waals surface area contributed by atoms with E-state index in [-0.39, 0.29) is 11.2 Å². The minimum absolute atomic E-state index is 0.355. The van der Waals surface area contributed by atoms with Crippen LogP contribution in [0.5, 0.6) is 5.75 Å². The normalized spacial score (nSPS) is 20.0. The summed E-state index contributed by atoms with van der Waals surface area (Å²) in [7, 11) is 1.24. The molecule has 1 aliphatic rings. The molecule has 21 heavy (non-hydrogen) atoms. The lowest BCUT2D eigenvalue weighted by atomic mass is 9.77. The highest BCUT2D eigenvalue weighted by Crippen LogP contribution is 2.36. The van der Waals surface area contributed by atoms with Crippen molar-refractivity contribution in [3.8, 4) is 5.75 Å². The number of rotatable bonds is 2. The molecular weight excluding hydrogens is 265 g/mol. The number of nitrogens with zero attached hydrogens (tertiary/aromatic N) is 1. The molecule has 1 aliphatic heterocycles. The molecule has 2 aromatic rings. The zero-order valence-electron chi connectivity index (χ0n) is 13.1. The molecule has 0 saturated carbocycles. The van der Waals surface area contributed by atoms with Gasteiger partial charge < -0.3 is 14.0 Å². The minimum atomic E-state index is -0.403.